The third kappa shape index (κ3) is 4.77. The summed E-state index contributed by atoms with van der Waals surface area (Å²) in [7, 11) is 2.49. The lowest BCUT2D eigenvalue weighted by molar-refractivity contribution is -0.140. The van der Waals surface area contributed by atoms with Gasteiger partial charge < -0.3 is 28.9 Å². The summed E-state index contributed by atoms with van der Waals surface area (Å²) >= 11 is 6.58. The van der Waals surface area contributed by atoms with Gasteiger partial charge in [0.05, 0.1) is 37.1 Å². The number of anilines is 2. The molecule has 0 N–H and O–H groups in total. The van der Waals surface area contributed by atoms with Gasteiger partial charge >= 0.3 is 11.9 Å². The molecule has 1 aromatic carbocycles. The highest BCUT2D eigenvalue weighted by molar-refractivity contribution is 6.33. The van der Waals surface area contributed by atoms with Crippen LogP contribution in [0, 0.1) is 0 Å². The van der Waals surface area contributed by atoms with E-state index in [-0.39, 0.29) is 30.5 Å². The van der Waals surface area contributed by atoms with Crippen molar-refractivity contribution in [2.45, 2.75) is 13.3 Å². The molecule has 2 aliphatic rings. The highest BCUT2D eigenvalue weighted by Crippen LogP contribution is 2.34. The molecule has 0 unspecified atom stereocenters. The number of hydrogen-bond donors (Lipinski definition) is 0. The van der Waals surface area contributed by atoms with E-state index in [4.69, 9.17) is 25.8 Å². The number of carbonyl (C=O) groups is 3. The fraction of sp³-hybridized carbons (Fsp3) is 0.476. The molecule has 0 radical (unpaired) electrons. The first-order valence-electron chi connectivity index (χ1n) is 9.98. The number of ether oxygens (including phenoxy) is 3. The molecule has 31 heavy (non-hydrogen) atoms. The largest absolute Gasteiger partial charge is 0.466 e. The number of rotatable bonds is 5. The second kappa shape index (κ2) is 10.0. The van der Waals surface area contributed by atoms with Crippen LogP contribution in [-0.4, -0.2) is 76.5 Å². The van der Waals surface area contributed by atoms with Crippen LogP contribution in [0.15, 0.2) is 29.5 Å². The number of carbonyl (C=O) groups excluding carboxylic acids is 3. The Balaban J connectivity index is 1.85. The Labute approximate surface area is 186 Å². The highest BCUT2D eigenvalue weighted by Gasteiger charge is 2.33. The van der Waals surface area contributed by atoms with Crippen molar-refractivity contribution < 1.29 is 28.6 Å². The van der Waals surface area contributed by atoms with Gasteiger partial charge in [0.15, 0.2) is 0 Å². The number of amides is 1. The Bertz CT molecular complexity index is 895. The second-order valence-corrected chi connectivity index (χ2v) is 7.48. The normalized spacial score (nSPS) is 17.0. The molecule has 1 fully saturated rings. The van der Waals surface area contributed by atoms with Crippen LogP contribution in [0.1, 0.15) is 13.3 Å². The fourth-order valence-electron chi connectivity index (χ4n) is 3.69. The van der Waals surface area contributed by atoms with Gasteiger partial charge in [-0.25, -0.2) is 9.59 Å². The molecule has 168 valence electrons. The van der Waals surface area contributed by atoms with Crippen LogP contribution in [0.25, 0.3) is 0 Å². The predicted octanol–water partition coefficient (Wildman–Crippen LogP) is 1.79. The minimum atomic E-state index is -0.666. The zero-order chi connectivity index (χ0) is 22.5. The van der Waals surface area contributed by atoms with Gasteiger partial charge in [0.1, 0.15) is 12.4 Å². The minimum absolute atomic E-state index is 0.0540. The van der Waals surface area contributed by atoms with Crippen molar-refractivity contribution >= 4 is 40.8 Å². The molecule has 0 aromatic heterocycles. The van der Waals surface area contributed by atoms with E-state index in [1.165, 1.54) is 19.1 Å². The van der Waals surface area contributed by atoms with E-state index >= 15 is 0 Å². The Morgan fingerprint density at radius 2 is 1.74 bits per heavy atom. The highest BCUT2D eigenvalue weighted by atomic mass is 35.5. The first-order valence-corrected chi connectivity index (χ1v) is 10.4. The van der Waals surface area contributed by atoms with E-state index in [0.717, 1.165) is 5.69 Å². The second-order valence-electron chi connectivity index (χ2n) is 7.07. The summed E-state index contributed by atoms with van der Waals surface area (Å²) in [6.07, 6.45) is 0.497. The third-order valence-electron chi connectivity index (χ3n) is 5.35. The molecule has 3 rings (SSSR count). The van der Waals surface area contributed by atoms with Crippen molar-refractivity contribution in [3.05, 3.63) is 34.5 Å². The average Bonchev–Trinajstić information content (AvgIpc) is 2.82. The van der Waals surface area contributed by atoms with Crippen LogP contribution in [-0.2, 0) is 28.6 Å². The number of hydrogen-bond acceptors (Lipinski definition) is 8. The molecular weight excluding hydrogens is 426 g/mol. The molecule has 2 aliphatic heterocycles. The Kier molecular flexibility index (Phi) is 7.40. The molecule has 9 nitrogen and oxygen atoms in total. The summed E-state index contributed by atoms with van der Waals surface area (Å²) in [4.78, 5) is 42.0. The summed E-state index contributed by atoms with van der Waals surface area (Å²) in [6.45, 7) is 4.50. The van der Waals surface area contributed by atoms with Gasteiger partial charge in [-0.05, 0) is 18.2 Å². The molecule has 0 aliphatic carbocycles. The van der Waals surface area contributed by atoms with E-state index in [2.05, 4.69) is 4.90 Å². The van der Waals surface area contributed by atoms with Crippen molar-refractivity contribution in [1.82, 2.24) is 4.90 Å². The Hall–Kier alpha value is -2.78. The smallest absolute Gasteiger partial charge is 0.355 e. The molecule has 1 aromatic rings. The molecule has 1 amide bonds. The molecule has 0 saturated carbocycles. The van der Waals surface area contributed by atoms with Crippen molar-refractivity contribution in [2.75, 3.05) is 63.5 Å². The lowest BCUT2D eigenvalue weighted by Gasteiger charge is -2.37. The number of halogens is 1. The number of benzene rings is 1. The van der Waals surface area contributed by atoms with Gasteiger partial charge in [0.2, 0.25) is 5.91 Å². The average molecular weight is 452 g/mol. The summed E-state index contributed by atoms with van der Waals surface area (Å²) in [6, 6.07) is 5.38. The molecule has 1 saturated heterocycles. The molecular formula is C21H26ClN3O6. The quantitative estimate of drug-likeness (QED) is 0.626. The first-order chi connectivity index (χ1) is 14.9. The van der Waals surface area contributed by atoms with Gasteiger partial charge in [-0.15, -0.1) is 0 Å². The number of methoxy groups -OCH3 is 2. The topological polar surface area (TPSA) is 88.6 Å². The van der Waals surface area contributed by atoms with Crippen LogP contribution in [0.3, 0.4) is 0 Å². The maximum Gasteiger partial charge on any atom is 0.355 e. The van der Waals surface area contributed by atoms with E-state index < -0.39 is 11.9 Å². The number of nitrogens with zero attached hydrogens (tertiary/aromatic N) is 3. The van der Waals surface area contributed by atoms with Crippen LogP contribution < -0.4 is 9.80 Å². The van der Waals surface area contributed by atoms with Gasteiger partial charge in [-0.3, -0.25) is 4.79 Å². The van der Waals surface area contributed by atoms with E-state index in [1.807, 2.05) is 17.9 Å². The summed E-state index contributed by atoms with van der Waals surface area (Å²) < 4.78 is 15.2. The predicted molar refractivity (Wildman–Crippen MR) is 115 cm³/mol. The van der Waals surface area contributed by atoms with E-state index in [0.29, 0.717) is 43.3 Å². The number of piperazine rings is 1. The van der Waals surface area contributed by atoms with Gasteiger partial charge in [-0.1, -0.05) is 18.5 Å². The van der Waals surface area contributed by atoms with Gasteiger partial charge in [0.25, 0.3) is 0 Å². The van der Waals surface area contributed by atoms with Crippen LogP contribution in [0.4, 0.5) is 11.4 Å². The Morgan fingerprint density at radius 1 is 1.06 bits per heavy atom. The first kappa shape index (κ1) is 22.9. The molecule has 2 heterocycles. The van der Waals surface area contributed by atoms with E-state index in [1.54, 1.807) is 12.1 Å². The standard InChI is InChI=1S/C21H26ClN3O6/c1-4-18(26)24-9-7-23(8-10-24)17-6-5-14(11-16(17)22)25-13-31-12-15(20(27)29-2)19(25)21(28)30-3/h5-6,11H,4,7-10,12-13H2,1-3H3. The monoisotopic (exact) mass is 451 g/mol. The third-order valence-corrected chi connectivity index (χ3v) is 5.65. The van der Waals surface area contributed by atoms with Crippen molar-refractivity contribution in [2.24, 2.45) is 0 Å². The van der Waals surface area contributed by atoms with Gasteiger partial charge in [-0.2, -0.15) is 0 Å². The maximum absolute atomic E-state index is 12.4. The van der Waals surface area contributed by atoms with Crippen molar-refractivity contribution in [3.63, 3.8) is 0 Å². The SMILES string of the molecule is CCC(=O)N1CCN(c2ccc(N3COCC(C(=O)OC)=C3C(=O)OC)cc2Cl)CC1. The molecule has 10 heteroatoms. The summed E-state index contributed by atoms with van der Waals surface area (Å²) in [5.74, 6) is -1.18. The maximum atomic E-state index is 12.4. The fourth-order valence-corrected chi connectivity index (χ4v) is 3.98. The zero-order valence-electron chi connectivity index (χ0n) is 17.9. The van der Waals surface area contributed by atoms with E-state index in [9.17, 15) is 14.4 Å². The van der Waals surface area contributed by atoms with Gasteiger partial charge in [0, 0.05) is 38.3 Å². The molecule has 0 spiro atoms. The van der Waals surface area contributed by atoms with Crippen LogP contribution in [0.5, 0.6) is 0 Å². The Morgan fingerprint density at radius 3 is 2.32 bits per heavy atom. The van der Waals surface area contributed by atoms with Crippen molar-refractivity contribution in [1.29, 1.82) is 0 Å². The molecule has 0 bridgehead atoms. The zero-order valence-corrected chi connectivity index (χ0v) is 18.6. The van der Waals surface area contributed by atoms with Crippen LogP contribution in [0.2, 0.25) is 5.02 Å². The summed E-state index contributed by atoms with van der Waals surface area (Å²) in [5, 5.41) is 0.488. The minimum Gasteiger partial charge on any atom is -0.466 e. The summed E-state index contributed by atoms with van der Waals surface area (Å²) in [5.41, 5.74) is 1.56. The lowest BCUT2D eigenvalue weighted by atomic mass is 10.1. The van der Waals surface area contributed by atoms with Crippen LogP contribution >= 0.6 is 11.6 Å². The van der Waals surface area contributed by atoms with Crippen molar-refractivity contribution in [3.8, 4) is 0 Å². The molecule has 0 atom stereocenters. The number of esters is 2. The lowest BCUT2D eigenvalue weighted by Crippen LogP contribution is -2.48.